The van der Waals surface area contributed by atoms with Gasteiger partial charge >= 0.3 is 12.1 Å². The third kappa shape index (κ3) is 5.24. The van der Waals surface area contributed by atoms with Crippen LogP contribution in [0.4, 0.5) is 21.0 Å². The maximum atomic E-state index is 13.7. The fourth-order valence-electron chi connectivity index (χ4n) is 6.00. The first-order valence-corrected chi connectivity index (χ1v) is 15.6. The summed E-state index contributed by atoms with van der Waals surface area (Å²) in [6.45, 7) is 6.56. The average molecular weight is 590 g/mol. The van der Waals surface area contributed by atoms with Gasteiger partial charge in [0.05, 0.1) is 27.7 Å². The first-order chi connectivity index (χ1) is 20.1. The van der Waals surface area contributed by atoms with Gasteiger partial charge in [0.15, 0.2) is 0 Å². The van der Waals surface area contributed by atoms with Crippen LogP contribution in [-0.4, -0.2) is 57.1 Å². The number of nitrogens with zero attached hydrogens (tertiary/aromatic N) is 3. The molecule has 3 aromatic rings. The highest BCUT2D eigenvalue weighted by Gasteiger charge is 2.52. The van der Waals surface area contributed by atoms with E-state index in [1.165, 1.54) is 0 Å². The van der Waals surface area contributed by atoms with Crippen LogP contribution in [0.3, 0.4) is 0 Å². The standard InChI is InChI=1S/C31H35N5O5S/c1-31(2,3)41-30(39)35-16-8-13-22(18-35)42-26(27(32)37)25-24-23(14-15-33-28(24)42)36(29(38)34-25)19-9-7-12-21(17-19)40-20-10-5-4-6-11-20/h4-7,9-12,14-15,17,22,25-26,42H,8,13,16,18H2,1-3H3,(H2,32,37)(H,34,38)/t22-,25?,26?/m1/s1. The molecule has 42 heavy (non-hydrogen) atoms. The third-order valence-corrected chi connectivity index (χ3v) is 10.8. The van der Waals surface area contributed by atoms with Crippen LogP contribution in [0.2, 0.25) is 0 Å². The summed E-state index contributed by atoms with van der Waals surface area (Å²) in [7, 11) is -1.24. The second-order valence-corrected chi connectivity index (χ2v) is 14.2. The molecule has 0 aliphatic carbocycles. The number of hydrogen-bond acceptors (Lipinski definition) is 6. The second kappa shape index (κ2) is 10.9. The molecule has 3 N–H and O–H groups in total. The number of aromatic nitrogens is 1. The van der Waals surface area contributed by atoms with Gasteiger partial charge < -0.3 is 25.4 Å². The fourth-order valence-corrected chi connectivity index (χ4v) is 9.45. The van der Waals surface area contributed by atoms with E-state index < -0.39 is 33.7 Å². The molecule has 1 fully saturated rings. The number of benzene rings is 2. The SMILES string of the molecule is CC(C)(C)OC(=O)N1CCC[C@@H]([SH]2c3nccc4c3C(NC(=O)N4c3cccc(Oc4ccccc4)c3)C2C(N)=O)C1. The van der Waals surface area contributed by atoms with E-state index in [0.29, 0.717) is 36.0 Å². The number of piperidine rings is 1. The van der Waals surface area contributed by atoms with Gasteiger partial charge in [-0.3, -0.25) is 14.7 Å². The molecule has 3 aliphatic heterocycles. The maximum absolute atomic E-state index is 13.7. The molecule has 6 rings (SSSR count). The molecule has 4 atom stereocenters. The number of ether oxygens (including phenoxy) is 2. The summed E-state index contributed by atoms with van der Waals surface area (Å²) in [5, 5.41) is 3.22. The van der Waals surface area contributed by atoms with Crippen LogP contribution >= 0.6 is 10.9 Å². The summed E-state index contributed by atoms with van der Waals surface area (Å²) >= 11 is 0. The minimum atomic E-state index is -1.24. The van der Waals surface area contributed by atoms with Crippen molar-refractivity contribution in [3.8, 4) is 11.5 Å². The van der Waals surface area contributed by atoms with Gasteiger partial charge in [-0.15, -0.1) is 0 Å². The Morgan fingerprint density at radius 3 is 2.57 bits per heavy atom. The van der Waals surface area contributed by atoms with Crippen LogP contribution in [0.15, 0.2) is 71.9 Å². The lowest BCUT2D eigenvalue weighted by Gasteiger charge is -2.40. The molecule has 1 saturated heterocycles. The van der Waals surface area contributed by atoms with Crippen molar-refractivity contribution in [1.29, 1.82) is 0 Å². The van der Waals surface area contributed by atoms with Crippen molar-refractivity contribution in [2.45, 2.75) is 60.8 Å². The molecule has 0 bridgehead atoms. The number of rotatable bonds is 5. The highest BCUT2D eigenvalue weighted by Crippen LogP contribution is 2.61. The molecule has 3 aliphatic rings. The average Bonchev–Trinajstić information content (AvgIpc) is 3.28. The highest BCUT2D eigenvalue weighted by molar-refractivity contribution is 8.19. The maximum Gasteiger partial charge on any atom is 0.410 e. The van der Waals surface area contributed by atoms with Crippen molar-refractivity contribution in [3.63, 3.8) is 0 Å². The van der Waals surface area contributed by atoms with Crippen molar-refractivity contribution in [2.24, 2.45) is 5.73 Å². The summed E-state index contributed by atoms with van der Waals surface area (Å²) in [5.41, 5.74) is 7.53. The number of thiol groups is 1. The lowest BCUT2D eigenvalue weighted by atomic mass is 10.00. The van der Waals surface area contributed by atoms with Gasteiger partial charge in [-0.05, 0) is 63.9 Å². The number of carbonyl (C=O) groups excluding carboxylic acids is 3. The van der Waals surface area contributed by atoms with Crippen molar-refractivity contribution in [2.75, 3.05) is 18.0 Å². The van der Waals surface area contributed by atoms with E-state index in [9.17, 15) is 14.4 Å². The van der Waals surface area contributed by atoms with Gasteiger partial charge in [0.2, 0.25) is 5.91 Å². The van der Waals surface area contributed by atoms with Crippen molar-refractivity contribution < 1.29 is 23.9 Å². The van der Waals surface area contributed by atoms with E-state index in [4.69, 9.17) is 20.2 Å². The molecule has 4 heterocycles. The summed E-state index contributed by atoms with van der Waals surface area (Å²) in [6.07, 6.45) is 2.93. The number of carbonyl (C=O) groups is 3. The van der Waals surface area contributed by atoms with Crippen molar-refractivity contribution in [3.05, 3.63) is 72.4 Å². The first-order valence-electron chi connectivity index (χ1n) is 14.1. The predicted octanol–water partition coefficient (Wildman–Crippen LogP) is 5.40. The normalized spacial score (nSPS) is 24.0. The number of primary amides is 1. The zero-order valence-electron chi connectivity index (χ0n) is 23.8. The monoisotopic (exact) mass is 589 g/mol. The number of amides is 4. The molecule has 0 spiro atoms. The van der Waals surface area contributed by atoms with E-state index in [2.05, 4.69) is 5.32 Å². The molecule has 220 valence electrons. The number of hydrogen-bond donors (Lipinski definition) is 3. The quantitative estimate of drug-likeness (QED) is 0.342. The molecule has 0 radical (unpaired) electrons. The van der Waals surface area contributed by atoms with Crippen LogP contribution in [-0.2, 0) is 9.53 Å². The van der Waals surface area contributed by atoms with Crippen molar-refractivity contribution in [1.82, 2.24) is 15.2 Å². The van der Waals surface area contributed by atoms with Crippen molar-refractivity contribution >= 4 is 40.3 Å². The number of pyridine rings is 1. The molecule has 10 nitrogen and oxygen atoms in total. The minimum Gasteiger partial charge on any atom is -0.457 e. The smallest absolute Gasteiger partial charge is 0.410 e. The topological polar surface area (TPSA) is 127 Å². The van der Waals surface area contributed by atoms with E-state index in [-0.39, 0.29) is 17.4 Å². The zero-order chi connectivity index (χ0) is 29.6. The lowest BCUT2D eigenvalue weighted by molar-refractivity contribution is -0.117. The molecular weight excluding hydrogens is 554 g/mol. The number of anilines is 2. The Morgan fingerprint density at radius 1 is 1.07 bits per heavy atom. The molecule has 1 aromatic heterocycles. The van der Waals surface area contributed by atoms with Crippen LogP contribution in [0, 0.1) is 0 Å². The van der Waals surface area contributed by atoms with Gasteiger partial charge in [-0.2, -0.15) is 10.9 Å². The number of nitrogens with one attached hydrogen (secondary N) is 1. The summed E-state index contributed by atoms with van der Waals surface area (Å²) in [6, 6.07) is 17.6. The highest BCUT2D eigenvalue weighted by atomic mass is 32.2. The third-order valence-electron chi connectivity index (χ3n) is 7.63. The Morgan fingerprint density at radius 2 is 1.83 bits per heavy atom. The van der Waals surface area contributed by atoms with E-state index in [1.807, 2.05) is 75.4 Å². The van der Waals surface area contributed by atoms with E-state index >= 15 is 0 Å². The number of urea groups is 1. The Bertz CT molecular complexity index is 1530. The van der Waals surface area contributed by atoms with Gasteiger partial charge in [0.25, 0.3) is 0 Å². The van der Waals surface area contributed by atoms with Crippen LogP contribution in [0.1, 0.15) is 45.2 Å². The van der Waals surface area contributed by atoms with Crippen LogP contribution < -0.4 is 20.7 Å². The van der Waals surface area contributed by atoms with E-state index in [0.717, 1.165) is 23.4 Å². The lowest BCUT2D eigenvalue weighted by Crippen LogP contribution is -2.50. The summed E-state index contributed by atoms with van der Waals surface area (Å²) in [5.74, 6) is 0.794. The number of para-hydroxylation sites is 1. The zero-order valence-corrected chi connectivity index (χ0v) is 24.7. The van der Waals surface area contributed by atoms with Gasteiger partial charge in [0.1, 0.15) is 17.1 Å². The second-order valence-electron chi connectivity index (χ2n) is 11.7. The molecule has 0 saturated carbocycles. The van der Waals surface area contributed by atoms with Crippen LogP contribution in [0.5, 0.6) is 11.5 Å². The Labute approximate surface area is 247 Å². The van der Waals surface area contributed by atoms with E-state index in [1.54, 1.807) is 22.1 Å². The molecule has 3 unspecified atom stereocenters. The molecule has 11 heteroatoms. The van der Waals surface area contributed by atoms with Gasteiger partial charge in [0, 0.05) is 36.2 Å². The Hall–Kier alpha value is -4.25. The summed E-state index contributed by atoms with van der Waals surface area (Å²) < 4.78 is 11.7. The molecule has 4 amide bonds. The Balaban J connectivity index is 1.35. The number of likely N-dealkylation sites (tertiary alicyclic amines) is 1. The summed E-state index contributed by atoms with van der Waals surface area (Å²) in [4.78, 5) is 47.8. The predicted molar refractivity (Wildman–Crippen MR) is 162 cm³/mol. The van der Waals surface area contributed by atoms with Crippen LogP contribution in [0.25, 0.3) is 0 Å². The molecule has 2 aromatic carbocycles. The number of nitrogens with two attached hydrogens (primary N) is 1. The van der Waals surface area contributed by atoms with Gasteiger partial charge in [-0.25, -0.2) is 9.59 Å². The fraction of sp³-hybridized carbons (Fsp3) is 0.355. The first kappa shape index (κ1) is 27.9. The largest absolute Gasteiger partial charge is 0.457 e. The van der Waals surface area contributed by atoms with Gasteiger partial charge in [-0.1, -0.05) is 24.3 Å². The minimum absolute atomic E-state index is 0.0173. The Kier molecular flexibility index (Phi) is 7.22. The molecular formula is C31H35N5O5S.